The summed E-state index contributed by atoms with van der Waals surface area (Å²) in [6.07, 6.45) is 0. The predicted octanol–water partition coefficient (Wildman–Crippen LogP) is 0.967. The topological polar surface area (TPSA) is 61.4 Å². The third-order valence-electron chi connectivity index (χ3n) is 3.51. The molecule has 1 aromatic rings. The van der Waals surface area contributed by atoms with Gasteiger partial charge in [0.15, 0.2) is 0 Å². The Morgan fingerprint density at radius 1 is 1.38 bits per heavy atom. The second kappa shape index (κ2) is 8.00. The van der Waals surface area contributed by atoms with Crippen LogP contribution in [0.15, 0.2) is 24.3 Å². The summed E-state index contributed by atoms with van der Waals surface area (Å²) in [5.41, 5.74) is 1.53. The number of rotatable bonds is 3. The van der Waals surface area contributed by atoms with Crippen molar-refractivity contribution in [3.8, 4) is 0 Å². The van der Waals surface area contributed by atoms with E-state index in [2.05, 4.69) is 10.6 Å². The Bertz CT molecular complexity index is 507. The van der Waals surface area contributed by atoms with E-state index in [0.29, 0.717) is 24.7 Å². The Labute approximate surface area is 131 Å². The van der Waals surface area contributed by atoms with Crippen LogP contribution in [0, 0.1) is 6.92 Å². The molecular weight excluding hydrogens is 290 g/mol. The zero-order chi connectivity index (χ0) is 14.5. The average Bonchev–Trinajstić information content (AvgIpc) is 2.45. The van der Waals surface area contributed by atoms with E-state index in [1.807, 2.05) is 32.0 Å². The number of hydrogen-bond acceptors (Lipinski definition) is 3. The summed E-state index contributed by atoms with van der Waals surface area (Å²) in [4.78, 5) is 25.9. The maximum atomic E-state index is 12.0. The van der Waals surface area contributed by atoms with E-state index in [1.54, 1.807) is 11.0 Å². The maximum absolute atomic E-state index is 12.0. The van der Waals surface area contributed by atoms with Gasteiger partial charge in [0, 0.05) is 31.2 Å². The molecule has 0 radical (unpaired) electrons. The summed E-state index contributed by atoms with van der Waals surface area (Å²) in [5, 5.41) is 5.98. The number of carbonyl (C=O) groups excluding carboxylic acids is 2. The Morgan fingerprint density at radius 3 is 2.76 bits per heavy atom. The fourth-order valence-electron chi connectivity index (χ4n) is 2.35. The van der Waals surface area contributed by atoms with Crippen LogP contribution in [0.3, 0.4) is 0 Å². The highest BCUT2D eigenvalue weighted by atomic mass is 35.5. The number of aryl methyl sites for hydroxylation is 1. The molecule has 2 N–H and O–H groups in total. The first-order valence-electron chi connectivity index (χ1n) is 6.93. The molecule has 2 rings (SSSR count). The van der Waals surface area contributed by atoms with Crippen LogP contribution in [0.25, 0.3) is 0 Å². The van der Waals surface area contributed by atoms with Crippen molar-refractivity contribution >= 4 is 24.2 Å². The summed E-state index contributed by atoms with van der Waals surface area (Å²) in [6, 6.07) is 7.66. The summed E-state index contributed by atoms with van der Waals surface area (Å²) < 4.78 is 0. The molecule has 0 saturated carbocycles. The molecule has 2 amide bonds. The molecule has 1 atom stereocenters. The molecule has 1 aromatic carbocycles. The molecule has 1 aliphatic heterocycles. The van der Waals surface area contributed by atoms with E-state index in [1.165, 1.54) is 0 Å². The summed E-state index contributed by atoms with van der Waals surface area (Å²) in [5.74, 6) is -0.222. The molecule has 1 saturated heterocycles. The fourth-order valence-corrected chi connectivity index (χ4v) is 2.35. The molecule has 6 heteroatoms. The number of hydrogen-bond donors (Lipinski definition) is 2. The minimum absolute atomic E-state index is 0. The maximum Gasteiger partial charge on any atom is 0.251 e. The van der Waals surface area contributed by atoms with Crippen molar-refractivity contribution in [3.63, 3.8) is 0 Å². The van der Waals surface area contributed by atoms with Crippen LogP contribution in [-0.4, -0.2) is 48.9 Å². The van der Waals surface area contributed by atoms with E-state index in [4.69, 9.17) is 0 Å². The van der Waals surface area contributed by atoms with E-state index >= 15 is 0 Å². The van der Waals surface area contributed by atoms with Gasteiger partial charge in [-0.2, -0.15) is 0 Å². The molecule has 21 heavy (non-hydrogen) atoms. The minimum Gasteiger partial charge on any atom is -0.343 e. The van der Waals surface area contributed by atoms with Crippen LogP contribution in [0.5, 0.6) is 0 Å². The monoisotopic (exact) mass is 311 g/mol. The van der Waals surface area contributed by atoms with Crippen LogP contribution >= 0.6 is 12.4 Å². The molecule has 0 spiro atoms. The predicted molar refractivity (Wildman–Crippen MR) is 84.8 cm³/mol. The molecule has 5 nitrogen and oxygen atoms in total. The third-order valence-corrected chi connectivity index (χ3v) is 3.51. The number of piperazine rings is 1. The Morgan fingerprint density at radius 2 is 2.10 bits per heavy atom. The van der Waals surface area contributed by atoms with Crippen molar-refractivity contribution in [2.24, 2.45) is 0 Å². The van der Waals surface area contributed by atoms with Crippen LogP contribution in [-0.2, 0) is 4.79 Å². The highest BCUT2D eigenvalue weighted by Crippen LogP contribution is 2.06. The first kappa shape index (κ1) is 17.5. The quantitative estimate of drug-likeness (QED) is 0.874. The lowest BCUT2D eigenvalue weighted by atomic mass is 10.1. The van der Waals surface area contributed by atoms with Gasteiger partial charge in [-0.15, -0.1) is 12.4 Å². The van der Waals surface area contributed by atoms with Gasteiger partial charge in [-0.1, -0.05) is 18.2 Å². The number of benzene rings is 1. The van der Waals surface area contributed by atoms with Gasteiger partial charge >= 0.3 is 0 Å². The number of amides is 2. The summed E-state index contributed by atoms with van der Waals surface area (Å²) >= 11 is 0. The fraction of sp³-hybridized carbons (Fsp3) is 0.467. The van der Waals surface area contributed by atoms with Crippen molar-refractivity contribution in [2.75, 3.05) is 26.2 Å². The molecule has 1 aliphatic rings. The molecule has 1 fully saturated rings. The molecule has 116 valence electrons. The van der Waals surface area contributed by atoms with Crippen molar-refractivity contribution < 1.29 is 9.59 Å². The zero-order valence-corrected chi connectivity index (χ0v) is 13.2. The molecule has 0 aromatic heterocycles. The second-order valence-corrected chi connectivity index (χ2v) is 5.19. The second-order valence-electron chi connectivity index (χ2n) is 5.19. The van der Waals surface area contributed by atoms with Gasteiger partial charge in [0.1, 0.15) is 0 Å². The average molecular weight is 312 g/mol. The van der Waals surface area contributed by atoms with E-state index in [-0.39, 0.29) is 30.8 Å². The van der Waals surface area contributed by atoms with Crippen molar-refractivity contribution in [3.05, 3.63) is 35.4 Å². The molecule has 0 aliphatic carbocycles. The molecular formula is C15H22ClN3O2. The van der Waals surface area contributed by atoms with Crippen LogP contribution in [0.2, 0.25) is 0 Å². The number of nitrogens with zero attached hydrogens (tertiary/aromatic N) is 1. The van der Waals surface area contributed by atoms with E-state index < -0.39 is 0 Å². The lowest BCUT2D eigenvalue weighted by Crippen LogP contribution is -2.53. The van der Waals surface area contributed by atoms with Crippen LogP contribution < -0.4 is 10.6 Å². The molecule has 1 heterocycles. The van der Waals surface area contributed by atoms with Crippen LogP contribution in [0.4, 0.5) is 0 Å². The SMILES string of the molecule is Cc1ccccc1C(=O)NCC(=O)N1CCN[C@H](C)C1.Cl. The Kier molecular flexibility index (Phi) is 6.65. The molecule has 0 unspecified atom stereocenters. The van der Waals surface area contributed by atoms with Gasteiger partial charge in [0.05, 0.1) is 6.54 Å². The highest BCUT2D eigenvalue weighted by Gasteiger charge is 2.20. The van der Waals surface area contributed by atoms with Gasteiger partial charge in [-0.25, -0.2) is 0 Å². The van der Waals surface area contributed by atoms with Crippen molar-refractivity contribution in [1.82, 2.24) is 15.5 Å². The largest absolute Gasteiger partial charge is 0.343 e. The number of nitrogens with one attached hydrogen (secondary N) is 2. The Hall–Kier alpha value is -1.59. The first-order valence-corrected chi connectivity index (χ1v) is 6.93. The van der Waals surface area contributed by atoms with Gasteiger partial charge in [-0.3, -0.25) is 9.59 Å². The smallest absolute Gasteiger partial charge is 0.251 e. The Balaban J connectivity index is 0.00000220. The van der Waals surface area contributed by atoms with Crippen LogP contribution in [0.1, 0.15) is 22.8 Å². The van der Waals surface area contributed by atoms with Gasteiger partial charge in [0.2, 0.25) is 5.91 Å². The summed E-state index contributed by atoms with van der Waals surface area (Å²) in [6.45, 7) is 6.18. The summed E-state index contributed by atoms with van der Waals surface area (Å²) in [7, 11) is 0. The highest BCUT2D eigenvalue weighted by molar-refractivity contribution is 5.97. The molecule has 0 bridgehead atoms. The van der Waals surface area contributed by atoms with Gasteiger partial charge < -0.3 is 15.5 Å². The van der Waals surface area contributed by atoms with E-state index in [0.717, 1.165) is 12.1 Å². The zero-order valence-electron chi connectivity index (χ0n) is 12.4. The van der Waals surface area contributed by atoms with E-state index in [9.17, 15) is 9.59 Å². The first-order chi connectivity index (χ1) is 9.58. The standard InChI is InChI=1S/C15H21N3O2.ClH/c1-11-5-3-4-6-13(11)15(20)17-9-14(19)18-8-7-16-12(2)10-18;/h3-6,12,16H,7-10H2,1-2H3,(H,17,20);1H/t12-;/m1./s1. The lowest BCUT2D eigenvalue weighted by Gasteiger charge is -2.32. The normalized spacial score (nSPS) is 17.8. The minimum atomic E-state index is -0.195. The van der Waals surface area contributed by atoms with Gasteiger partial charge in [0.25, 0.3) is 5.91 Å². The van der Waals surface area contributed by atoms with Gasteiger partial charge in [-0.05, 0) is 25.5 Å². The number of carbonyl (C=O) groups is 2. The van der Waals surface area contributed by atoms with Crippen molar-refractivity contribution in [2.45, 2.75) is 19.9 Å². The number of halogens is 1. The lowest BCUT2D eigenvalue weighted by molar-refractivity contribution is -0.131. The van der Waals surface area contributed by atoms with Crippen molar-refractivity contribution in [1.29, 1.82) is 0 Å². The third kappa shape index (κ3) is 4.72.